The highest BCUT2D eigenvalue weighted by Gasteiger charge is 2.24. The van der Waals surface area contributed by atoms with Crippen LogP contribution in [0.3, 0.4) is 0 Å². The van der Waals surface area contributed by atoms with Crippen molar-refractivity contribution < 1.29 is 0 Å². The van der Waals surface area contributed by atoms with Crippen molar-refractivity contribution in [2.75, 3.05) is 4.90 Å². The van der Waals surface area contributed by atoms with Crippen LogP contribution in [0, 0.1) is 0 Å². The number of nitrogens with zero attached hydrogens (tertiary/aromatic N) is 1. The molecule has 0 heterocycles. The van der Waals surface area contributed by atoms with Crippen molar-refractivity contribution >= 4 is 17.1 Å². The number of fused-ring (bicyclic) bond motifs is 3. The molecule has 0 saturated carbocycles. The van der Waals surface area contributed by atoms with Crippen LogP contribution in [0.4, 0.5) is 17.1 Å². The molecule has 6 aromatic rings. The van der Waals surface area contributed by atoms with Gasteiger partial charge in [-0.15, -0.1) is 0 Å². The van der Waals surface area contributed by atoms with Crippen molar-refractivity contribution in [3.8, 4) is 33.4 Å². The highest BCUT2D eigenvalue weighted by Crippen LogP contribution is 2.45. The van der Waals surface area contributed by atoms with Gasteiger partial charge in [-0.1, -0.05) is 121 Å². The molecule has 0 N–H and O–H groups in total. The van der Waals surface area contributed by atoms with Gasteiger partial charge in [-0.05, 0) is 74.8 Å². The Morgan fingerprint density at radius 2 is 0.842 bits per heavy atom. The fourth-order valence-corrected chi connectivity index (χ4v) is 5.64. The predicted molar refractivity (Wildman–Crippen MR) is 160 cm³/mol. The lowest BCUT2D eigenvalue weighted by Crippen LogP contribution is -2.12. The van der Waals surface area contributed by atoms with Crippen molar-refractivity contribution in [2.45, 2.75) is 6.42 Å². The molecule has 0 saturated heterocycles. The smallest absolute Gasteiger partial charge is 0.0503 e. The summed E-state index contributed by atoms with van der Waals surface area (Å²) in [7, 11) is 0. The molecule has 1 aliphatic rings. The number of hydrogen-bond donors (Lipinski definition) is 0. The second kappa shape index (κ2) is 9.53. The van der Waals surface area contributed by atoms with Gasteiger partial charge in [-0.3, -0.25) is 0 Å². The summed E-state index contributed by atoms with van der Waals surface area (Å²) in [4.78, 5) is 2.41. The largest absolute Gasteiger partial charge is 0.310 e. The van der Waals surface area contributed by atoms with Crippen LogP contribution in [0.5, 0.6) is 0 Å². The lowest BCUT2D eigenvalue weighted by molar-refractivity contribution is 1.20. The standard InChI is InChI=1S/C37H27N/c1-3-10-27(11-4-1)29-18-22-32(23-19-29)38(33-24-20-30(21-25-33)28-12-5-2-6-13-28)37-17-9-16-35-34-15-8-7-14-31(34)26-36(35)37/h1-25H,26H2. The minimum atomic E-state index is 0.947. The molecular formula is C37H27N. The molecule has 38 heavy (non-hydrogen) atoms. The van der Waals surface area contributed by atoms with E-state index in [2.05, 4.69) is 157 Å². The molecule has 6 aromatic carbocycles. The van der Waals surface area contributed by atoms with E-state index in [4.69, 9.17) is 0 Å². The van der Waals surface area contributed by atoms with Crippen LogP contribution in [0.1, 0.15) is 11.1 Å². The highest BCUT2D eigenvalue weighted by molar-refractivity contribution is 5.88. The van der Waals surface area contributed by atoms with Gasteiger partial charge in [0.1, 0.15) is 0 Å². The van der Waals surface area contributed by atoms with Crippen LogP contribution in [0.15, 0.2) is 152 Å². The zero-order valence-corrected chi connectivity index (χ0v) is 21.1. The summed E-state index contributed by atoms with van der Waals surface area (Å²) in [6.45, 7) is 0. The van der Waals surface area contributed by atoms with E-state index in [0.717, 1.165) is 17.8 Å². The van der Waals surface area contributed by atoms with Crippen LogP contribution in [0.2, 0.25) is 0 Å². The third kappa shape index (κ3) is 3.99. The summed E-state index contributed by atoms with van der Waals surface area (Å²) >= 11 is 0. The lowest BCUT2D eigenvalue weighted by Gasteiger charge is -2.28. The highest BCUT2D eigenvalue weighted by atomic mass is 15.1. The monoisotopic (exact) mass is 485 g/mol. The first-order valence-electron chi connectivity index (χ1n) is 13.2. The second-order valence-electron chi connectivity index (χ2n) is 9.80. The van der Waals surface area contributed by atoms with Crippen molar-refractivity contribution in [1.82, 2.24) is 0 Å². The molecule has 0 aliphatic heterocycles. The average Bonchev–Trinajstić information content (AvgIpc) is 3.39. The second-order valence-corrected chi connectivity index (χ2v) is 9.80. The molecule has 0 fully saturated rings. The van der Waals surface area contributed by atoms with Crippen LogP contribution in [-0.2, 0) is 6.42 Å². The zero-order chi connectivity index (χ0) is 25.3. The van der Waals surface area contributed by atoms with Gasteiger partial charge in [-0.25, -0.2) is 0 Å². The van der Waals surface area contributed by atoms with Crippen molar-refractivity contribution in [2.24, 2.45) is 0 Å². The van der Waals surface area contributed by atoms with E-state index >= 15 is 0 Å². The average molecular weight is 486 g/mol. The number of benzene rings is 6. The minimum Gasteiger partial charge on any atom is -0.310 e. The molecule has 0 aromatic heterocycles. The first-order chi connectivity index (χ1) is 18.8. The molecule has 0 amide bonds. The number of anilines is 3. The van der Waals surface area contributed by atoms with Gasteiger partial charge in [0.25, 0.3) is 0 Å². The summed E-state index contributed by atoms with van der Waals surface area (Å²) in [6.07, 6.45) is 0.947. The van der Waals surface area contributed by atoms with E-state index in [0.29, 0.717) is 0 Å². The fraction of sp³-hybridized carbons (Fsp3) is 0.0270. The predicted octanol–water partition coefficient (Wildman–Crippen LogP) is 10.1. The van der Waals surface area contributed by atoms with Gasteiger partial charge in [-0.2, -0.15) is 0 Å². The molecule has 0 spiro atoms. The summed E-state index contributed by atoms with van der Waals surface area (Å²) in [6, 6.07) is 54.6. The van der Waals surface area contributed by atoms with Gasteiger partial charge in [0.15, 0.2) is 0 Å². The molecule has 1 nitrogen and oxygen atoms in total. The Kier molecular flexibility index (Phi) is 5.60. The molecule has 0 atom stereocenters. The third-order valence-electron chi connectivity index (χ3n) is 7.53. The molecule has 0 bridgehead atoms. The topological polar surface area (TPSA) is 3.24 Å². The lowest BCUT2D eigenvalue weighted by atomic mass is 10.0. The van der Waals surface area contributed by atoms with Crippen molar-refractivity contribution in [3.63, 3.8) is 0 Å². The third-order valence-corrected chi connectivity index (χ3v) is 7.53. The quantitative estimate of drug-likeness (QED) is 0.234. The molecule has 0 radical (unpaired) electrons. The van der Waals surface area contributed by atoms with E-state index < -0.39 is 0 Å². The van der Waals surface area contributed by atoms with E-state index in [1.807, 2.05) is 0 Å². The van der Waals surface area contributed by atoms with E-state index in [9.17, 15) is 0 Å². The van der Waals surface area contributed by atoms with E-state index in [1.165, 1.54) is 50.2 Å². The maximum absolute atomic E-state index is 2.41. The van der Waals surface area contributed by atoms with Crippen LogP contribution < -0.4 is 4.90 Å². The summed E-state index contributed by atoms with van der Waals surface area (Å²) in [5.74, 6) is 0. The van der Waals surface area contributed by atoms with Gasteiger partial charge in [0.05, 0.1) is 5.69 Å². The number of rotatable bonds is 5. The molecule has 1 heteroatoms. The molecular weight excluding hydrogens is 458 g/mol. The van der Waals surface area contributed by atoms with E-state index in [-0.39, 0.29) is 0 Å². The van der Waals surface area contributed by atoms with E-state index in [1.54, 1.807) is 0 Å². The fourth-order valence-electron chi connectivity index (χ4n) is 5.64. The Hall–Kier alpha value is -4.88. The summed E-state index contributed by atoms with van der Waals surface area (Å²) in [5.41, 5.74) is 13.9. The minimum absolute atomic E-state index is 0.947. The maximum Gasteiger partial charge on any atom is 0.0503 e. The first kappa shape index (κ1) is 22.3. The molecule has 7 rings (SSSR count). The van der Waals surface area contributed by atoms with Crippen LogP contribution in [0.25, 0.3) is 33.4 Å². The Balaban J connectivity index is 1.35. The maximum atomic E-state index is 2.41. The van der Waals surface area contributed by atoms with Gasteiger partial charge < -0.3 is 4.90 Å². The van der Waals surface area contributed by atoms with Gasteiger partial charge >= 0.3 is 0 Å². The van der Waals surface area contributed by atoms with Crippen molar-refractivity contribution in [3.05, 3.63) is 163 Å². The summed E-state index contributed by atoms with van der Waals surface area (Å²) < 4.78 is 0. The Morgan fingerprint density at radius 3 is 1.42 bits per heavy atom. The van der Waals surface area contributed by atoms with Gasteiger partial charge in [0.2, 0.25) is 0 Å². The normalized spacial score (nSPS) is 11.6. The summed E-state index contributed by atoms with van der Waals surface area (Å²) in [5, 5.41) is 0. The van der Waals surface area contributed by atoms with Gasteiger partial charge in [0, 0.05) is 17.8 Å². The Labute approximate surface area is 224 Å². The first-order valence-corrected chi connectivity index (χ1v) is 13.2. The number of hydrogen-bond acceptors (Lipinski definition) is 1. The van der Waals surface area contributed by atoms with Crippen LogP contribution in [-0.4, -0.2) is 0 Å². The molecule has 180 valence electrons. The molecule has 0 unspecified atom stereocenters. The Morgan fingerprint density at radius 1 is 0.368 bits per heavy atom. The zero-order valence-electron chi connectivity index (χ0n) is 21.1. The Bertz CT molecular complexity index is 1620. The molecule has 1 aliphatic carbocycles. The van der Waals surface area contributed by atoms with Crippen molar-refractivity contribution in [1.29, 1.82) is 0 Å². The SMILES string of the molecule is c1ccc(-c2ccc(N(c3ccc(-c4ccccc4)cc3)c3cccc4c3Cc3ccccc3-4)cc2)cc1. The van der Waals surface area contributed by atoms with Crippen LogP contribution >= 0.6 is 0 Å².